The van der Waals surface area contributed by atoms with Gasteiger partial charge in [-0.15, -0.1) is 0 Å². The summed E-state index contributed by atoms with van der Waals surface area (Å²) in [6, 6.07) is 1.83. The first kappa shape index (κ1) is 10.0. The molecule has 1 saturated heterocycles. The number of nitrogens with zero attached hydrogens (tertiary/aromatic N) is 1. The van der Waals surface area contributed by atoms with Crippen molar-refractivity contribution in [3.8, 4) is 0 Å². The first-order valence-corrected chi connectivity index (χ1v) is 5.27. The molecule has 2 N–H and O–H groups in total. The fourth-order valence-electron chi connectivity index (χ4n) is 2.07. The Labute approximate surface area is 87.1 Å². The van der Waals surface area contributed by atoms with E-state index in [1.165, 1.54) is 12.5 Å². The summed E-state index contributed by atoms with van der Waals surface area (Å²) in [6.07, 6.45) is 3.43. The van der Waals surface area contributed by atoms with Crippen LogP contribution in [0.25, 0.3) is 0 Å². The van der Waals surface area contributed by atoms with E-state index in [4.69, 9.17) is 0 Å². The highest BCUT2D eigenvalue weighted by Gasteiger charge is 2.19. The van der Waals surface area contributed by atoms with E-state index >= 15 is 0 Å². The molecule has 0 saturated carbocycles. The lowest BCUT2D eigenvalue weighted by molar-refractivity contribution is 0.480. The predicted octanol–water partition coefficient (Wildman–Crippen LogP) is 0.442. The van der Waals surface area contributed by atoms with Crippen molar-refractivity contribution in [3.05, 3.63) is 26.9 Å². The molecule has 0 spiro atoms. The Morgan fingerprint density at radius 1 is 1.33 bits per heavy atom. The summed E-state index contributed by atoms with van der Waals surface area (Å²) >= 11 is 0. The lowest BCUT2D eigenvalue weighted by Gasteiger charge is -2.34. The summed E-state index contributed by atoms with van der Waals surface area (Å²) in [5.74, 6) is 0.635. The number of aromatic nitrogens is 2. The molecule has 1 atom stereocenters. The van der Waals surface area contributed by atoms with E-state index in [0.717, 1.165) is 19.4 Å². The molecule has 1 aromatic rings. The van der Waals surface area contributed by atoms with Gasteiger partial charge >= 0.3 is 5.69 Å². The first-order valence-electron chi connectivity index (χ1n) is 5.27. The Kier molecular flexibility index (Phi) is 2.62. The van der Waals surface area contributed by atoms with Gasteiger partial charge in [0.25, 0.3) is 5.56 Å². The second-order valence-corrected chi connectivity index (χ2v) is 4.01. The molecular formula is C10H15N3O2. The molecule has 0 unspecified atom stereocenters. The van der Waals surface area contributed by atoms with Gasteiger partial charge in [0.1, 0.15) is 5.82 Å². The third-order valence-electron chi connectivity index (χ3n) is 2.86. The molecule has 0 aliphatic carbocycles. The lowest BCUT2D eigenvalue weighted by atomic mass is 10.0. The number of aromatic amines is 2. The van der Waals surface area contributed by atoms with Crippen LogP contribution < -0.4 is 16.1 Å². The maximum Gasteiger partial charge on any atom is 0.327 e. The summed E-state index contributed by atoms with van der Waals surface area (Å²) in [6.45, 7) is 3.01. The monoisotopic (exact) mass is 209 g/mol. The Bertz CT molecular complexity index is 420. The minimum Gasteiger partial charge on any atom is -0.355 e. The van der Waals surface area contributed by atoms with Crippen LogP contribution in [0.1, 0.15) is 26.2 Å². The average molecular weight is 209 g/mol. The van der Waals surface area contributed by atoms with E-state index in [1.54, 1.807) is 0 Å². The third kappa shape index (κ3) is 2.11. The van der Waals surface area contributed by atoms with E-state index in [1.807, 2.05) is 0 Å². The molecule has 5 heteroatoms. The van der Waals surface area contributed by atoms with Gasteiger partial charge in [-0.25, -0.2) is 4.79 Å². The standard InChI is InChI=1S/C10H15N3O2/c1-7-4-2-3-5-13(7)8-6-9(14)12-10(15)11-8/h6-7H,2-5H2,1H3,(H2,11,12,14,15)/t7-/m1/s1. The maximum atomic E-state index is 11.2. The molecular weight excluding hydrogens is 194 g/mol. The Hall–Kier alpha value is -1.52. The summed E-state index contributed by atoms with van der Waals surface area (Å²) in [4.78, 5) is 29.2. The summed E-state index contributed by atoms with van der Waals surface area (Å²) in [5.41, 5.74) is -0.776. The summed E-state index contributed by atoms with van der Waals surface area (Å²) in [7, 11) is 0. The highest BCUT2D eigenvalue weighted by atomic mass is 16.2. The Morgan fingerprint density at radius 3 is 2.80 bits per heavy atom. The van der Waals surface area contributed by atoms with Crippen molar-refractivity contribution in [2.45, 2.75) is 32.2 Å². The molecule has 0 radical (unpaired) electrons. The first-order chi connectivity index (χ1) is 7.16. The van der Waals surface area contributed by atoms with Crippen LogP contribution in [0.15, 0.2) is 15.7 Å². The smallest absolute Gasteiger partial charge is 0.327 e. The molecule has 82 valence electrons. The molecule has 1 aromatic heterocycles. The topological polar surface area (TPSA) is 69.0 Å². The van der Waals surface area contributed by atoms with Crippen LogP contribution in [-0.4, -0.2) is 22.6 Å². The van der Waals surface area contributed by atoms with Crippen LogP contribution in [0.3, 0.4) is 0 Å². The van der Waals surface area contributed by atoms with Gasteiger partial charge in [-0.05, 0) is 26.2 Å². The fourth-order valence-corrected chi connectivity index (χ4v) is 2.07. The molecule has 2 heterocycles. The van der Waals surface area contributed by atoms with E-state index < -0.39 is 5.69 Å². The SMILES string of the molecule is C[C@@H]1CCCCN1c1cc(=O)[nH]c(=O)[nH]1. The number of anilines is 1. The van der Waals surface area contributed by atoms with Gasteiger partial charge in [0, 0.05) is 18.7 Å². The van der Waals surface area contributed by atoms with Crippen LogP contribution >= 0.6 is 0 Å². The minimum atomic E-state index is -0.435. The van der Waals surface area contributed by atoms with Crippen molar-refractivity contribution in [1.29, 1.82) is 0 Å². The normalized spacial score (nSPS) is 21.7. The molecule has 1 aliphatic heterocycles. The fraction of sp³-hybridized carbons (Fsp3) is 0.600. The van der Waals surface area contributed by atoms with Crippen molar-refractivity contribution in [2.24, 2.45) is 0 Å². The zero-order valence-corrected chi connectivity index (χ0v) is 8.75. The Balaban J connectivity index is 2.35. The van der Waals surface area contributed by atoms with Gasteiger partial charge in [0.05, 0.1) is 0 Å². The quantitative estimate of drug-likeness (QED) is 0.705. The molecule has 1 fully saturated rings. The van der Waals surface area contributed by atoms with Crippen LogP contribution in [0.4, 0.5) is 5.82 Å². The molecule has 0 amide bonds. The van der Waals surface area contributed by atoms with Gasteiger partial charge in [0.2, 0.25) is 0 Å². The molecule has 2 rings (SSSR count). The molecule has 5 nitrogen and oxygen atoms in total. The minimum absolute atomic E-state index is 0.341. The van der Waals surface area contributed by atoms with Crippen LogP contribution in [-0.2, 0) is 0 Å². The Morgan fingerprint density at radius 2 is 2.13 bits per heavy atom. The predicted molar refractivity (Wildman–Crippen MR) is 58.3 cm³/mol. The number of hydrogen-bond acceptors (Lipinski definition) is 3. The van der Waals surface area contributed by atoms with E-state index in [9.17, 15) is 9.59 Å². The average Bonchev–Trinajstić information content (AvgIpc) is 2.16. The van der Waals surface area contributed by atoms with Gasteiger partial charge in [-0.3, -0.25) is 14.8 Å². The van der Waals surface area contributed by atoms with E-state index in [-0.39, 0.29) is 5.56 Å². The number of H-pyrrole nitrogens is 2. The van der Waals surface area contributed by atoms with E-state index in [2.05, 4.69) is 21.8 Å². The van der Waals surface area contributed by atoms with Crippen molar-refractivity contribution >= 4 is 5.82 Å². The van der Waals surface area contributed by atoms with Gasteiger partial charge in [0.15, 0.2) is 0 Å². The van der Waals surface area contributed by atoms with Gasteiger partial charge in [-0.2, -0.15) is 0 Å². The highest BCUT2D eigenvalue weighted by molar-refractivity contribution is 5.38. The molecule has 15 heavy (non-hydrogen) atoms. The van der Waals surface area contributed by atoms with E-state index in [0.29, 0.717) is 11.9 Å². The molecule has 0 aromatic carbocycles. The van der Waals surface area contributed by atoms with Crippen molar-refractivity contribution in [2.75, 3.05) is 11.4 Å². The van der Waals surface area contributed by atoms with Crippen LogP contribution in [0, 0.1) is 0 Å². The van der Waals surface area contributed by atoms with Gasteiger partial charge in [-0.1, -0.05) is 0 Å². The number of piperidine rings is 1. The van der Waals surface area contributed by atoms with Gasteiger partial charge < -0.3 is 4.90 Å². The zero-order chi connectivity index (χ0) is 10.8. The number of hydrogen-bond donors (Lipinski definition) is 2. The van der Waals surface area contributed by atoms with Crippen molar-refractivity contribution in [1.82, 2.24) is 9.97 Å². The molecule has 0 bridgehead atoms. The number of rotatable bonds is 1. The second-order valence-electron chi connectivity index (χ2n) is 4.01. The second kappa shape index (κ2) is 3.92. The summed E-state index contributed by atoms with van der Waals surface area (Å²) in [5, 5.41) is 0. The van der Waals surface area contributed by atoms with Crippen molar-refractivity contribution in [3.63, 3.8) is 0 Å². The lowest BCUT2D eigenvalue weighted by Crippen LogP contribution is -2.40. The summed E-state index contributed by atoms with van der Waals surface area (Å²) < 4.78 is 0. The van der Waals surface area contributed by atoms with Crippen LogP contribution in [0.5, 0.6) is 0 Å². The maximum absolute atomic E-state index is 11.2. The third-order valence-corrected chi connectivity index (χ3v) is 2.86. The van der Waals surface area contributed by atoms with Crippen molar-refractivity contribution < 1.29 is 0 Å². The number of nitrogens with one attached hydrogen (secondary N) is 2. The van der Waals surface area contributed by atoms with Crippen LogP contribution in [0.2, 0.25) is 0 Å². The highest BCUT2D eigenvalue weighted by Crippen LogP contribution is 2.20. The zero-order valence-electron chi connectivity index (χ0n) is 8.75. The molecule has 1 aliphatic rings. The largest absolute Gasteiger partial charge is 0.355 e.